The zero-order valence-corrected chi connectivity index (χ0v) is 14.0. The number of nitrogens with zero attached hydrogens (tertiary/aromatic N) is 1. The van der Waals surface area contributed by atoms with Crippen LogP contribution in [-0.2, 0) is 6.54 Å². The molecule has 1 N–H and O–H groups in total. The Balaban J connectivity index is 2.22. The highest BCUT2D eigenvalue weighted by molar-refractivity contribution is 5.25. The van der Waals surface area contributed by atoms with Gasteiger partial charge < -0.3 is 5.32 Å². The summed E-state index contributed by atoms with van der Waals surface area (Å²) in [5.41, 5.74) is 3.35. The zero-order chi connectivity index (χ0) is 15.0. The number of piperazine rings is 1. The Labute approximate surface area is 124 Å². The van der Waals surface area contributed by atoms with Crippen molar-refractivity contribution in [2.45, 2.75) is 59.7 Å². The van der Waals surface area contributed by atoms with Crippen LogP contribution in [0.4, 0.5) is 0 Å². The summed E-state index contributed by atoms with van der Waals surface area (Å²) in [6, 6.07) is 9.35. The summed E-state index contributed by atoms with van der Waals surface area (Å²) in [5.74, 6) is 0. The summed E-state index contributed by atoms with van der Waals surface area (Å²) < 4.78 is 0. The van der Waals surface area contributed by atoms with Crippen LogP contribution >= 0.6 is 0 Å². The van der Waals surface area contributed by atoms with E-state index < -0.39 is 0 Å². The van der Waals surface area contributed by atoms with Gasteiger partial charge in [-0.3, -0.25) is 4.90 Å². The first-order valence-electron chi connectivity index (χ1n) is 7.73. The van der Waals surface area contributed by atoms with Gasteiger partial charge in [-0.2, -0.15) is 0 Å². The lowest BCUT2D eigenvalue weighted by Gasteiger charge is -2.49. The van der Waals surface area contributed by atoms with E-state index in [1.54, 1.807) is 0 Å². The van der Waals surface area contributed by atoms with Crippen molar-refractivity contribution in [2.24, 2.45) is 5.41 Å². The zero-order valence-electron chi connectivity index (χ0n) is 14.0. The summed E-state index contributed by atoms with van der Waals surface area (Å²) in [6.07, 6.45) is 0. The van der Waals surface area contributed by atoms with Crippen LogP contribution in [0.5, 0.6) is 0 Å². The summed E-state index contributed by atoms with van der Waals surface area (Å²) in [5, 5.41) is 3.70. The molecule has 1 atom stereocenters. The van der Waals surface area contributed by atoms with Crippen molar-refractivity contribution in [3.63, 3.8) is 0 Å². The van der Waals surface area contributed by atoms with Crippen LogP contribution < -0.4 is 5.32 Å². The lowest BCUT2D eigenvalue weighted by atomic mass is 9.82. The molecule has 1 heterocycles. The Morgan fingerprint density at radius 2 is 1.90 bits per heavy atom. The van der Waals surface area contributed by atoms with Gasteiger partial charge in [0, 0.05) is 31.2 Å². The molecule has 0 bridgehead atoms. The Hall–Kier alpha value is -0.860. The third kappa shape index (κ3) is 3.62. The molecule has 112 valence electrons. The first-order valence-corrected chi connectivity index (χ1v) is 7.73. The van der Waals surface area contributed by atoms with Gasteiger partial charge in [0.2, 0.25) is 0 Å². The average molecular weight is 274 g/mol. The van der Waals surface area contributed by atoms with Gasteiger partial charge in [0.15, 0.2) is 0 Å². The second kappa shape index (κ2) is 5.50. The minimum Gasteiger partial charge on any atom is -0.309 e. The summed E-state index contributed by atoms with van der Waals surface area (Å²) >= 11 is 0. The van der Waals surface area contributed by atoms with E-state index in [9.17, 15) is 0 Å². The third-order valence-electron chi connectivity index (χ3n) is 4.45. The molecule has 1 aliphatic rings. The van der Waals surface area contributed by atoms with Crippen molar-refractivity contribution in [3.8, 4) is 0 Å². The molecule has 1 unspecified atom stereocenters. The van der Waals surface area contributed by atoms with Crippen LogP contribution in [0.15, 0.2) is 24.3 Å². The number of rotatable bonds is 2. The molecule has 0 aromatic heterocycles. The van der Waals surface area contributed by atoms with E-state index in [0.29, 0.717) is 11.5 Å². The fourth-order valence-electron chi connectivity index (χ4n) is 3.20. The van der Waals surface area contributed by atoms with Gasteiger partial charge in [0.1, 0.15) is 0 Å². The molecule has 0 saturated carbocycles. The molecule has 1 aliphatic heterocycles. The Kier molecular flexibility index (Phi) is 4.27. The van der Waals surface area contributed by atoms with Crippen LogP contribution in [0, 0.1) is 12.3 Å². The van der Waals surface area contributed by atoms with Crippen molar-refractivity contribution >= 4 is 0 Å². The third-order valence-corrected chi connectivity index (χ3v) is 4.45. The van der Waals surface area contributed by atoms with Gasteiger partial charge >= 0.3 is 0 Å². The topological polar surface area (TPSA) is 15.3 Å². The maximum Gasteiger partial charge on any atom is 0.0273 e. The normalized spacial score (nSPS) is 23.8. The molecule has 2 heteroatoms. The summed E-state index contributed by atoms with van der Waals surface area (Å²) in [4.78, 5) is 2.67. The molecule has 1 aromatic rings. The SMILES string of the molecule is Cc1ccccc1CN1CC(C)(C)NCC1C(C)(C)C. The molecule has 2 nitrogen and oxygen atoms in total. The molecule has 20 heavy (non-hydrogen) atoms. The van der Waals surface area contributed by atoms with Gasteiger partial charge in [0.25, 0.3) is 0 Å². The molecule has 1 aromatic carbocycles. The van der Waals surface area contributed by atoms with E-state index in [4.69, 9.17) is 0 Å². The van der Waals surface area contributed by atoms with E-state index in [0.717, 1.165) is 19.6 Å². The smallest absolute Gasteiger partial charge is 0.0273 e. The molecular weight excluding hydrogens is 244 g/mol. The quantitative estimate of drug-likeness (QED) is 0.886. The number of hydrogen-bond donors (Lipinski definition) is 1. The van der Waals surface area contributed by atoms with Crippen molar-refractivity contribution < 1.29 is 0 Å². The Morgan fingerprint density at radius 3 is 2.50 bits per heavy atom. The number of hydrogen-bond acceptors (Lipinski definition) is 2. The van der Waals surface area contributed by atoms with E-state index in [1.807, 2.05) is 0 Å². The monoisotopic (exact) mass is 274 g/mol. The van der Waals surface area contributed by atoms with Gasteiger partial charge in [-0.05, 0) is 37.3 Å². The van der Waals surface area contributed by atoms with Crippen molar-refractivity contribution in [1.29, 1.82) is 0 Å². The minimum atomic E-state index is 0.199. The van der Waals surface area contributed by atoms with Gasteiger partial charge in [-0.1, -0.05) is 45.0 Å². The fraction of sp³-hybridized carbons (Fsp3) is 0.667. The fourth-order valence-corrected chi connectivity index (χ4v) is 3.20. The molecule has 0 amide bonds. The molecule has 0 aliphatic carbocycles. The first kappa shape index (κ1) is 15.5. The van der Waals surface area contributed by atoms with Crippen LogP contribution in [0.2, 0.25) is 0 Å². The highest BCUT2D eigenvalue weighted by atomic mass is 15.3. The molecular formula is C18H30N2. The van der Waals surface area contributed by atoms with Gasteiger partial charge in [-0.15, -0.1) is 0 Å². The number of benzene rings is 1. The van der Waals surface area contributed by atoms with Crippen molar-refractivity contribution in [2.75, 3.05) is 13.1 Å². The molecule has 0 radical (unpaired) electrons. The highest BCUT2D eigenvalue weighted by Gasteiger charge is 2.38. The van der Waals surface area contributed by atoms with Crippen LogP contribution in [-0.4, -0.2) is 29.6 Å². The number of nitrogens with one attached hydrogen (secondary N) is 1. The lowest BCUT2D eigenvalue weighted by molar-refractivity contribution is 0.0270. The second-order valence-corrected chi connectivity index (χ2v) is 7.98. The Morgan fingerprint density at radius 1 is 1.25 bits per heavy atom. The molecule has 2 rings (SSSR count). The Bertz CT molecular complexity index is 457. The van der Waals surface area contributed by atoms with Crippen molar-refractivity contribution in [3.05, 3.63) is 35.4 Å². The molecule has 1 saturated heterocycles. The number of aryl methyl sites for hydroxylation is 1. The standard InChI is InChI=1S/C18H30N2/c1-14-9-7-8-10-15(14)12-20-13-18(5,6)19-11-16(20)17(2,3)4/h7-10,16,19H,11-13H2,1-6H3. The van der Waals surface area contributed by atoms with Crippen LogP contribution in [0.1, 0.15) is 45.7 Å². The maximum atomic E-state index is 3.70. The van der Waals surface area contributed by atoms with Crippen LogP contribution in [0.25, 0.3) is 0 Å². The second-order valence-electron chi connectivity index (χ2n) is 7.98. The summed E-state index contributed by atoms with van der Waals surface area (Å²) in [6.45, 7) is 17.1. The summed E-state index contributed by atoms with van der Waals surface area (Å²) in [7, 11) is 0. The van der Waals surface area contributed by atoms with Crippen LogP contribution in [0.3, 0.4) is 0 Å². The minimum absolute atomic E-state index is 0.199. The maximum absolute atomic E-state index is 3.70. The largest absolute Gasteiger partial charge is 0.309 e. The van der Waals surface area contributed by atoms with E-state index in [1.165, 1.54) is 11.1 Å². The average Bonchev–Trinajstić information content (AvgIpc) is 2.29. The van der Waals surface area contributed by atoms with Crippen molar-refractivity contribution in [1.82, 2.24) is 10.2 Å². The van der Waals surface area contributed by atoms with E-state index in [2.05, 4.69) is 76.0 Å². The highest BCUT2D eigenvalue weighted by Crippen LogP contribution is 2.30. The van der Waals surface area contributed by atoms with E-state index in [-0.39, 0.29) is 5.54 Å². The molecule has 0 spiro atoms. The predicted molar refractivity (Wildman–Crippen MR) is 86.9 cm³/mol. The van der Waals surface area contributed by atoms with Gasteiger partial charge in [0.05, 0.1) is 0 Å². The predicted octanol–water partition coefficient (Wildman–Crippen LogP) is 3.59. The lowest BCUT2D eigenvalue weighted by Crippen LogP contribution is -2.64. The van der Waals surface area contributed by atoms with E-state index >= 15 is 0 Å². The van der Waals surface area contributed by atoms with Gasteiger partial charge in [-0.25, -0.2) is 0 Å². The first-order chi connectivity index (χ1) is 9.19. The molecule has 1 fully saturated rings.